The fourth-order valence-corrected chi connectivity index (χ4v) is 3.88. The lowest BCUT2D eigenvalue weighted by atomic mass is 10.1. The smallest absolute Gasteiger partial charge is 0.275 e. The van der Waals surface area contributed by atoms with Gasteiger partial charge < -0.3 is 19.2 Å². The third-order valence-electron chi connectivity index (χ3n) is 5.34. The Labute approximate surface area is 162 Å². The van der Waals surface area contributed by atoms with Gasteiger partial charge in [-0.1, -0.05) is 12.5 Å². The van der Waals surface area contributed by atoms with Crippen molar-refractivity contribution < 1.29 is 23.4 Å². The summed E-state index contributed by atoms with van der Waals surface area (Å²) in [6, 6.07) is 5.75. The molecule has 1 aromatic heterocycles. The molecule has 0 unspecified atom stereocenters. The molecule has 8 heteroatoms. The van der Waals surface area contributed by atoms with Gasteiger partial charge in [-0.15, -0.1) is 0 Å². The number of aromatic nitrogens is 1. The first kappa shape index (κ1) is 18.9. The van der Waals surface area contributed by atoms with Gasteiger partial charge in [-0.2, -0.15) is 0 Å². The summed E-state index contributed by atoms with van der Waals surface area (Å²) in [7, 11) is 0. The first-order chi connectivity index (χ1) is 13.6. The predicted octanol–water partition coefficient (Wildman–Crippen LogP) is 2.06. The Morgan fingerprint density at radius 2 is 2.11 bits per heavy atom. The van der Waals surface area contributed by atoms with Crippen LogP contribution in [0.1, 0.15) is 35.6 Å². The number of benzene rings is 1. The number of rotatable bonds is 5. The SMILES string of the molecule is O=C(c1coc(COc2cccc(F)c2)n1)N1C[C@@H](O)[C@H](N2CCCCC2)C1. The lowest BCUT2D eigenvalue weighted by molar-refractivity contribution is 0.0702. The van der Waals surface area contributed by atoms with Crippen LogP contribution in [0.15, 0.2) is 34.9 Å². The maximum atomic E-state index is 13.2. The lowest BCUT2D eigenvalue weighted by Crippen LogP contribution is -2.46. The molecule has 28 heavy (non-hydrogen) atoms. The zero-order valence-corrected chi connectivity index (χ0v) is 15.6. The molecule has 2 saturated heterocycles. The number of aliphatic hydroxyl groups is 1. The Balaban J connectivity index is 1.35. The summed E-state index contributed by atoms with van der Waals surface area (Å²) in [6.07, 6.45) is 4.24. The summed E-state index contributed by atoms with van der Waals surface area (Å²) >= 11 is 0. The van der Waals surface area contributed by atoms with Gasteiger partial charge in [-0.05, 0) is 38.1 Å². The third kappa shape index (κ3) is 4.18. The number of likely N-dealkylation sites (tertiary alicyclic amines) is 2. The molecule has 0 radical (unpaired) electrons. The number of hydrogen-bond donors (Lipinski definition) is 1. The van der Waals surface area contributed by atoms with Crippen LogP contribution in [0.5, 0.6) is 5.75 Å². The highest BCUT2D eigenvalue weighted by Crippen LogP contribution is 2.22. The molecule has 0 saturated carbocycles. The summed E-state index contributed by atoms with van der Waals surface area (Å²) in [6.45, 7) is 2.71. The normalized spacial score (nSPS) is 23.1. The third-order valence-corrected chi connectivity index (χ3v) is 5.34. The van der Waals surface area contributed by atoms with Gasteiger partial charge in [0.25, 0.3) is 5.91 Å². The quantitative estimate of drug-likeness (QED) is 0.843. The highest BCUT2D eigenvalue weighted by molar-refractivity contribution is 5.92. The van der Waals surface area contributed by atoms with Crippen molar-refractivity contribution >= 4 is 5.91 Å². The van der Waals surface area contributed by atoms with Gasteiger partial charge in [0.15, 0.2) is 12.3 Å². The molecule has 2 aromatic rings. The Hall–Kier alpha value is -2.45. The van der Waals surface area contributed by atoms with Crippen LogP contribution in [0.25, 0.3) is 0 Å². The van der Waals surface area contributed by atoms with Gasteiger partial charge in [0, 0.05) is 19.2 Å². The monoisotopic (exact) mass is 389 g/mol. The van der Waals surface area contributed by atoms with Crippen molar-refractivity contribution in [3.05, 3.63) is 47.9 Å². The molecule has 2 atom stereocenters. The first-order valence-corrected chi connectivity index (χ1v) is 9.64. The summed E-state index contributed by atoms with van der Waals surface area (Å²) in [5.74, 6) is -0.0611. The maximum absolute atomic E-state index is 13.2. The second-order valence-electron chi connectivity index (χ2n) is 7.31. The average molecular weight is 389 g/mol. The Bertz CT molecular complexity index is 821. The molecule has 0 spiro atoms. The largest absolute Gasteiger partial charge is 0.484 e. The number of oxazole rings is 1. The molecule has 2 aliphatic heterocycles. The Kier molecular flexibility index (Phi) is 5.59. The molecule has 4 rings (SSSR count). The highest BCUT2D eigenvalue weighted by Gasteiger charge is 2.38. The number of aliphatic hydroxyl groups excluding tert-OH is 1. The van der Waals surface area contributed by atoms with Gasteiger partial charge in [0.05, 0.1) is 12.1 Å². The topological polar surface area (TPSA) is 79.0 Å². The number of piperidine rings is 1. The van der Waals surface area contributed by atoms with E-state index in [1.165, 1.54) is 24.8 Å². The molecule has 0 aliphatic carbocycles. The van der Waals surface area contributed by atoms with Crippen molar-refractivity contribution in [3.8, 4) is 5.75 Å². The van der Waals surface area contributed by atoms with E-state index in [0.29, 0.717) is 18.8 Å². The minimum Gasteiger partial charge on any atom is -0.484 e. The number of halogens is 1. The van der Waals surface area contributed by atoms with E-state index in [-0.39, 0.29) is 30.1 Å². The summed E-state index contributed by atoms with van der Waals surface area (Å²) in [5.41, 5.74) is 0.185. The second kappa shape index (κ2) is 8.28. The number of nitrogens with zero attached hydrogens (tertiary/aromatic N) is 3. The van der Waals surface area contributed by atoms with E-state index in [0.717, 1.165) is 25.9 Å². The van der Waals surface area contributed by atoms with Crippen molar-refractivity contribution in [3.63, 3.8) is 0 Å². The van der Waals surface area contributed by atoms with Gasteiger partial charge in [0.2, 0.25) is 5.89 Å². The first-order valence-electron chi connectivity index (χ1n) is 9.64. The van der Waals surface area contributed by atoms with Gasteiger partial charge >= 0.3 is 0 Å². The number of hydrogen-bond acceptors (Lipinski definition) is 6. The molecule has 2 fully saturated rings. The van der Waals surface area contributed by atoms with E-state index >= 15 is 0 Å². The van der Waals surface area contributed by atoms with Gasteiger partial charge in [0.1, 0.15) is 17.8 Å². The average Bonchev–Trinajstić information content (AvgIpc) is 3.33. The summed E-state index contributed by atoms with van der Waals surface area (Å²) in [5, 5.41) is 10.4. The van der Waals surface area contributed by atoms with E-state index < -0.39 is 11.9 Å². The molecule has 3 heterocycles. The zero-order valence-electron chi connectivity index (χ0n) is 15.6. The van der Waals surface area contributed by atoms with E-state index in [2.05, 4.69) is 9.88 Å². The van der Waals surface area contributed by atoms with E-state index in [4.69, 9.17) is 9.15 Å². The second-order valence-corrected chi connectivity index (χ2v) is 7.31. The number of β-amino-alcohol motifs (C(OH)–C–C–N with tert-alkyl or cyclic N) is 1. The Morgan fingerprint density at radius 1 is 1.29 bits per heavy atom. The molecule has 1 N–H and O–H groups in total. The van der Waals surface area contributed by atoms with Crippen molar-refractivity contribution in [2.24, 2.45) is 0 Å². The van der Waals surface area contributed by atoms with Crippen LogP contribution in [0.4, 0.5) is 4.39 Å². The fourth-order valence-electron chi connectivity index (χ4n) is 3.88. The van der Waals surface area contributed by atoms with Gasteiger partial charge in [-0.3, -0.25) is 9.69 Å². The van der Waals surface area contributed by atoms with Crippen LogP contribution in [-0.2, 0) is 6.61 Å². The van der Waals surface area contributed by atoms with Crippen LogP contribution >= 0.6 is 0 Å². The van der Waals surface area contributed by atoms with Crippen molar-refractivity contribution in [1.82, 2.24) is 14.8 Å². The summed E-state index contributed by atoms with van der Waals surface area (Å²) in [4.78, 5) is 20.8. The number of carbonyl (C=O) groups excluding carboxylic acids is 1. The number of amides is 1. The van der Waals surface area contributed by atoms with Crippen LogP contribution < -0.4 is 4.74 Å². The fraction of sp³-hybridized carbons (Fsp3) is 0.500. The molecule has 150 valence electrons. The van der Waals surface area contributed by atoms with Crippen molar-refractivity contribution in [2.45, 2.75) is 38.0 Å². The minimum atomic E-state index is -0.551. The zero-order chi connectivity index (χ0) is 19.5. The predicted molar refractivity (Wildman–Crippen MR) is 98.4 cm³/mol. The van der Waals surface area contributed by atoms with E-state index in [9.17, 15) is 14.3 Å². The van der Waals surface area contributed by atoms with Crippen LogP contribution in [0.2, 0.25) is 0 Å². The molecule has 1 aromatic carbocycles. The van der Waals surface area contributed by atoms with Crippen LogP contribution in [0, 0.1) is 5.82 Å². The number of ether oxygens (including phenoxy) is 1. The minimum absolute atomic E-state index is 0.00421. The molecule has 2 aliphatic rings. The Morgan fingerprint density at radius 3 is 2.89 bits per heavy atom. The standard InChI is InChI=1S/C20H24FN3O4/c21-14-5-4-6-15(9-14)27-13-19-22-16(12-28-19)20(26)24-10-17(18(25)11-24)23-7-2-1-3-8-23/h4-6,9,12,17-18,25H,1-3,7-8,10-11,13H2/t17-,18-/m1/s1. The molecular weight excluding hydrogens is 365 g/mol. The molecular formula is C20H24FN3O4. The van der Waals surface area contributed by atoms with E-state index in [1.807, 2.05) is 0 Å². The summed E-state index contributed by atoms with van der Waals surface area (Å²) < 4.78 is 23.9. The van der Waals surface area contributed by atoms with Crippen molar-refractivity contribution in [1.29, 1.82) is 0 Å². The van der Waals surface area contributed by atoms with Crippen LogP contribution in [0.3, 0.4) is 0 Å². The molecule has 1 amide bonds. The van der Waals surface area contributed by atoms with Crippen LogP contribution in [-0.4, -0.2) is 64.1 Å². The van der Waals surface area contributed by atoms with Crippen molar-refractivity contribution in [2.75, 3.05) is 26.2 Å². The maximum Gasteiger partial charge on any atom is 0.275 e. The van der Waals surface area contributed by atoms with E-state index in [1.54, 1.807) is 17.0 Å². The lowest BCUT2D eigenvalue weighted by Gasteiger charge is -2.33. The highest BCUT2D eigenvalue weighted by atomic mass is 19.1. The number of carbonyl (C=O) groups is 1. The van der Waals surface area contributed by atoms with Gasteiger partial charge in [-0.25, -0.2) is 9.37 Å². The molecule has 0 bridgehead atoms. The molecule has 7 nitrogen and oxygen atoms in total.